The summed E-state index contributed by atoms with van der Waals surface area (Å²) in [6.07, 6.45) is 0. The van der Waals surface area contributed by atoms with E-state index in [4.69, 9.17) is 58.1 Å². The van der Waals surface area contributed by atoms with Crippen LogP contribution in [0.5, 0.6) is 0 Å². The molecule has 0 spiro atoms. The molecule has 0 aliphatic carbocycles. The first-order valence-corrected chi connectivity index (χ1v) is 50.1. The summed E-state index contributed by atoms with van der Waals surface area (Å²) in [5.74, 6) is 5.58. The summed E-state index contributed by atoms with van der Waals surface area (Å²) in [6.45, 7) is 0. The highest BCUT2D eigenvalue weighted by molar-refractivity contribution is 6.18. The molecule has 15 nitrogen and oxygen atoms in total. The molecule has 0 radical (unpaired) electrons. The summed E-state index contributed by atoms with van der Waals surface area (Å²) in [6, 6.07) is 176. The van der Waals surface area contributed by atoms with E-state index in [1.165, 1.54) is 5.39 Å². The second-order valence-electron chi connectivity index (χ2n) is 37.3. The van der Waals surface area contributed by atoms with Crippen LogP contribution in [0.2, 0.25) is 0 Å². The van der Waals surface area contributed by atoms with Gasteiger partial charge in [0.2, 0.25) is 5.95 Å². The summed E-state index contributed by atoms with van der Waals surface area (Å²) >= 11 is 0. The Morgan fingerprint density at radius 2 is 0.373 bits per heavy atom. The molecule has 0 saturated heterocycles. The van der Waals surface area contributed by atoms with Gasteiger partial charge in [0.15, 0.2) is 46.6 Å². The van der Waals surface area contributed by atoms with Crippen LogP contribution in [0.15, 0.2) is 523 Å². The first-order valence-electron chi connectivity index (χ1n) is 50.1. The van der Waals surface area contributed by atoms with Gasteiger partial charge in [-0.1, -0.05) is 406 Å². The molecule has 0 atom stereocenters. The lowest BCUT2D eigenvalue weighted by molar-refractivity contribution is 0.669. The van der Waals surface area contributed by atoms with Gasteiger partial charge in [-0.2, -0.15) is 9.97 Å². The van der Waals surface area contributed by atoms with Gasteiger partial charge < -0.3 is 22.4 Å². The van der Waals surface area contributed by atoms with Crippen molar-refractivity contribution in [3.63, 3.8) is 0 Å². The van der Waals surface area contributed by atoms with Crippen LogP contribution >= 0.6 is 0 Å². The zero-order chi connectivity index (χ0) is 99.1. The number of hydrogen-bond donors (Lipinski definition) is 0. The molecule has 21 aromatic carbocycles. The Morgan fingerprint density at radius 1 is 0.133 bits per heavy atom. The van der Waals surface area contributed by atoms with Gasteiger partial charge in [-0.3, -0.25) is 4.57 Å². The maximum Gasteiger partial charge on any atom is 0.238 e. The van der Waals surface area contributed by atoms with Crippen molar-refractivity contribution in [2.75, 3.05) is 0 Å². The number of para-hydroxylation sites is 11. The number of benzene rings is 21. The lowest BCUT2D eigenvalue weighted by Crippen LogP contribution is -2.06. The minimum Gasteiger partial charge on any atom is -0.455 e. The van der Waals surface area contributed by atoms with E-state index >= 15 is 0 Å². The molecule has 0 aliphatic heterocycles. The third kappa shape index (κ3) is 15.5. The van der Waals surface area contributed by atoms with Crippen molar-refractivity contribution in [1.82, 2.24) is 58.6 Å². The lowest BCUT2D eigenvalue weighted by atomic mass is 10.0. The lowest BCUT2D eigenvalue weighted by Gasteiger charge is -2.15. The molecule has 150 heavy (non-hydrogen) atoms. The molecular weight excluding hydrogens is 1840 g/mol. The molecule has 30 aromatic rings. The van der Waals surface area contributed by atoms with Gasteiger partial charge in [-0.15, -0.1) is 0 Å². The largest absolute Gasteiger partial charge is 0.455 e. The SMILES string of the molecule is c1ccc(-c2cccc(-c3nc(-c4ccccc4)nc(-c4ccccc4-n4c5ccccc5c5cc(-c6cccc7c6oc6ccccc67)ccc54)n3)c2)cc1.c1ccc(-c2nc(-c3ccccc3)nc(-c3ccccc3-n3c4ccccc4c4cc(-c5cccc6c5oc5ccccc56)ccc43)n2)cc1.c1ccc(-c2nc(-c3ccccc3)nc(-n3c4ccccc4c4cc(-c5cccc6c5oc5ccccc56)ccc43)n2)cc1. The van der Waals surface area contributed by atoms with Crippen molar-refractivity contribution < 1.29 is 13.3 Å². The molecule has 0 saturated carbocycles. The molecule has 0 aliphatic rings. The van der Waals surface area contributed by atoms with E-state index in [1.807, 2.05) is 200 Å². The molecule has 9 heterocycles. The van der Waals surface area contributed by atoms with E-state index in [-0.39, 0.29) is 0 Å². The zero-order valence-corrected chi connectivity index (χ0v) is 80.6. The minimum atomic E-state index is 0.580. The summed E-state index contributed by atoms with van der Waals surface area (Å²) in [4.78, 5) is 45.5. The molecule has 0 N–H and O–H groups in total. The molecule has 702 valence electrons. The van der Waals surface area contributed by atoms with Crippen molar-refractivity contribution in [1.29, 1.82) is 0 Å². The van der Waals surface area contributed by atoms with Crippen LogP contribution in [0.4, 0.5) is 0 Å². The predicted octanol–water partition coefficient (Wildman–Crippen LogP) is 34.6. The first-order chi connectivity index (χ1) is 74.4. The third-order valence-electron chi connectivity index (χ3n) is 28.4. The highest BCUT2D eigenvalue weighted by Gasteiger charge is 2.27. The Balaban J connectivity index is 0.000000109. The summed E-state index contributed by atoms with van der Waals surface area (Å²) in [5, 5.41) is 13.6. The van der Waals surface area contributed by atoms with Crippen LogP contribution in [0.1, 0.15) is 0 Å². The molecule has 30 rings (SSSR count). The van der Waals surface area contributed by atoms with Crippen molar-refractivity contribution in [3.05, 3.63) is 510 Å². The minimum absolute atomic E-state index is 0.580. The number of rotatable bonds is 15. The fourth-order valence-electron chi connectivity index (χ4n) is 21.4. The van der Waals surface area contributed by atoms with Gasteiger partial charge in [0.1, 0.15) is 33.5 Å². The maximum atomic E-state index is 6.46. The third-order valence-corrected chi connectivity index (χ3v) is 28.4. The van der Waals surface area contributed by atoms with Gasteiger partial charge in [-0.05, 0) is 131 Å². The zero-order valence-electron chi connectivity index (χ0n) is 80.6. The Bertz CT molecular complexity index is 10400. The first kappa shape index (κ1) is 87.3. The molecule has 9 aromatic heterocycles. The fraction of sp³-hybridized carbons (Fsp3) is 0. The molecule has 0 bridgehead atoms. The van der Waals surface area contributed by atoms with Crippen molar-refractivity contribution >= 4 is 131 Å². The summed E-state index contributed by atoms with van der Waals surface area (Å²) < 4.78 is 26.1. The quantitative estimate of drug-likeness (QED) is 0.0953. The Labute approximate surface area is 859 Å². The Morgan fingerprint density at radius 3 is 0.733 bits per heavy atom. The van der Waals surface area contributed by atoms with E-state index < -0.39 is 0 Å². The van der Waals surface area contributed by atoms with E-state index in [2.05, 4.69) is 323 Å². The summed E-state index contributed by atoms with van der Waals surface area (Å²) in [5.41, 5.74) is 30.0. The highest BCUT2D eigenvalue weighted by Crippen LogP contribution is 2.47. The van der Waals surface area contributed by atoms with E-state index in [0.29, 0.717) is 52.5 Å². The number of furan rings is 3. The van der Waals surface area contributed by atoms with Crippen LogP contribution in [0, 0.1) is 0 Å². The number of fused-ring (bicyclic) bond motifs is 18. The van der Waals surface area contributed by atoms with Gasteiger partial charge >= 0.3 is 0 Å². The van der Waals surface area contributed by atoms with Gasteiger partial charge in [-0.25, -0.2) is 34.9 Å². The van der Waals surface area contributed by atoms with E-state index in [9.17, 15) is 0 Å². The fourth-order valence-corrected chi connectivity index (χ4v) is 21.4. The smallest absolute Gasteiger partial charge is 0.238 e. The van der Waals surface area contributed by atoms with Crippen molar-refractivity contribution in [3.8, 4) is 153 Å². The second-order valence-corrected chi connectivity index (χ2v) is 37.3. The van der Waals surface area contributed by atoms with E-state index in [1.54, 1.807) is 0 Å². The van der Waals surface area contributed by atoms with Gasteiger partial charge in [0.05, 0.1) is 44.5 Å². The van der Waals surface area contributed by atoms with Crippen LogP contribution in [0.3, 0.4) is 0 Å². The van der Waals surface area contributed by atoms with Crippen LogP contribution in [-0.4, -0.2) is 58.6 Å². The average molecular weight is 1920 g/mol. The normalized spacial score (nSPS) is 11.6. The standard InChI is InChI=1S/C51H32N4O.C45H28N4O.C39H24N4O/c1-3-15-33(16-4-1)35-19-13-20-37(31-35)50-52-49(34-17-5-2-6-18-34)53-51(54-50)42-23-8-11-27-45(42)55-44-26-10-7-21-39(44)43-32-36(29-30-46(43)55)38-24-14-25-41-40-22-9-12-28-47(40)56-48(38)41;1-3-14-29(15-4-1)43-46-44(30-16-5-2-6-17-30)48-45(47-43)36-20-8-11-24-39(36)49-38-23-10-7-18-33(38)37-28-31(26-27-40(37)49)32-21-13-22-35-34-19-9-12-25-41(34)50-42(32)35;1-3-12-25(13-4-1)37-40-38(26-14-5-2-6-15-26)42-39(41-37)43-33-20-9-7-16-29(33)32-24-27(22-23-34(32)43)28-18-11-19-31-30-17-8-10-21-35(30)44-36(28)31/h1-32H;1-28H;1-24H. The predicted molar refractivity (Wildman–Crippen MR) is 610 cm³/mol. The molecule has 0 unspecified atom stereocenters. The molecule has 0 amide bonds. The molecule has 15 heteroatoms. The number of hydrogen-bond acceptors (Lipinski definition) is 12. The Hall–Kier alpha value is -20.6. The molecular formula is C135H84N12O3. The van der Waals surface area contributed by atoms with Gasteiger partial charge in [0.25, 0.3) is 0 Å². The van der Waals surface area contributed by atoms with Crippen molar-refractivity contribution in [2.45, 2.75) is 0 Å². The highest BCUT2D eigenvalue weighted by atomic mass is 16.3. The Kier molecular flexibility index (Phi) is 21.5. The number of aromatic nitrogens is 12. The second kappa shape index (κ2) is 37.0. The van der Waals surface area contributed by atoms with Crippen LogP contribution < -0.4 is 0 Å². The van der Waals surface area contributed by atoms with Crippen LogP contribution in [0.25, 0.3) is 284 Å². The topological polar surface area (TPSA) is 170 Å². The monoisotopic (exact) mass is 1920 g/mol. The van der Waals surface area contributed by atoms with Gasteiger partial charge in [0, 0.05) is 126 Å². The number of nitrogens with zero attached hydrogens (tertiary/aromatic N) is 12. The maximum absolute atomic E-state index is 6.46. The summed E-state index contributed by atoms with van der Waals surface area (Å²) in [7, 11) is 0. The van der Waals surface area contributed by atoms with Crippen molar-refractivity contribution in [2.24, 2.45) is 0 Å². The average Bonchev–Trinajstić information content (AvgIpc) is 1.58. The molecule has 0 fully saturated rings. The van der Waals surface area contributed by atoms with Crippen LogP contribution in [-0.2, 0) is 0 Å². The van der Waals surface area contributed by atoms with E-state index in [0.717, 1.165) is 226 Å².